The molecule has 0 heterocycles. The second-order valence-corrected chi connectivity index (χ2v) is 15.5. The molecule has 0 radical (unpaired) electrons. The van der Waals surface area contributed by atoms with Gasteiger partial charge in [-0.05, 0) is 93.8 Å². The van der Waals surface area contributed by atoms with Gasteiger partial charge in [0.25, 0.3) is 0 Å². The van der Waals surface area contributed by atoms with Gasteiger partial charge in [-0.25, -0.2) is 0 Å². The maximum Gasteiger partial charge on any atom is 0.185 e. The van der Waals surface area contributed by atoms with Crippen LogP contribution in [0.4, 0.5) is 0 Å². The lowest BCUT2D eigenvalue weighted by Crippen LogP contribution is -2.57. The van der Waals surface area contributed by atoms with Gasteiger partial charge in [-0.1, -0.05) is 19.4 Å². The topological polar surface area (TPSA) is 50.1 Å². The van der Waals surface area contributed by atoms with Crippen LogP contribution >= 0.6 is 0 Å². The molecular formula is C23H35NO2Si. The number of carbonyl (C=O) groups excluding carboxylic acids is 1. The minimum absolute atomic E-state index is 0.0226. The third-order valence-corrected chi connectivity index (χ3v) is 9.70. The first-order valence-electron chi connectivity index (χ1n) is 10.9. The Morgan fingerprint density at radius 2 is 1.78 bits per heavy atom. The van der Waals surface area contributed by atoms with Gasteiger partial charge in [0.15, 0.2) is 14.1 Å². The first-order chi connectivity index (χ1) is 12.5. The lowest BCUT2D eigenvalue weighted by Gasteiger charge is -2.59. The van der Waals surface area contributed by atoms with Gasteiger partial charge in [0.05, 0.1) is 6.07 Å². The zero-order valence-electron chi connectivity index (χ0n) is 17.7. The molecule has 6 atom stereocenters. The number of ketones is 1. The fraction of sp³-hybridized carbons (Fsp3) is 0.826. The Morgan fingerprint density at radius 1 is 1.07 bits per heavy atom. The van der Waals surface area contributed by atoms with Crippen LogP contribution < -0.4 is 0 Å². The molecule has 4 aliphatic carbocycles. The first kappa shape index (κ1) is 19.4. The van der Waals surface area contributed by atoms with Crippen LogP contribution in [0.15, 0.2) is 11.6 Å². The van der Waals surface area contributed by atoms with Gasteiger partial charge >= 0.3 is 0 Å². The van der Waals surface area contributed by atoms with E-state index in [9.17, 15) is 10.1 Å². The van der Waals surface area contributed by atoms with Gasteiger partial charge in [-0.15, -0.1) is 0 Å². The Kier molecular flexibility index (Phi) is 4.34. The number of nitrogens with zero attached hydrogens (tertiary/aromatic N) is 1. The zero-order valence-corrected chi connectivity index (χ0v) is 18.7. The van der Waals surface area contributed by atoms with Crippen molar-refractivity contribution >= 4 is 14.1 Å². The number of allylic oxidation sites excluding steroid dienone is 1. The standard InChI is InChI=1S/C23H35NO2Si/c1-21-11-8-17(25)14-16(21)6-7-18-19(21)9-12-22(2)20(18)10-13-23(22,15-24)26-27(3,4)5/h14,18-20H,6-13H2,1-5H3/t18-,19+,20+,21+,22-,23+/m0/s1. The fourth-order valence-electron chi connectivity index (χ4n) is 7.45. The molecule has 0 bridgehead atoms. The Balaban J connectivity index is 1.68. The van der Waals surface area contributed by atoms with Crippen LogP contribution in [0.3, 0.4) is 0 Å². The van der Waals surface area contributed by atoms with Crippen LogP contribution in [0.5, 0.6) is 0 Å². The number of rotatable bonds is 2. The predicted octanol–water partition coefficient (Wildman–Crippen LogP) is 5.63. The number of nitriles is 1. The molecule has 0 amide bonds. The van der Waals surface area contributed by atoms with Crippen molar-refractivity contribution < 1.29 is 9.22 Å². The predicted molar refractivity (Wildman–Crippen MR) is 109 cm³/mol. The van der Waals surface area contributed by atoms with Crippen molar-refractivity contribution in [1.82, 2.24) is 0 Å². The van der Waals surface area contributed by atoms with Crippen LogP contribution in [0.2, 0.25) is 19.6 Å². The van der Waals surface area contributed by atoms with Crippen molar-refractivity contribution in [3.05, 3.63) is 11.6 Å². The van der Waals surface area contributed by atoms with Crippen molar-refractivity contribution in [3.8, 4) is 6.07 Å². The Morgan fingerprint density at radius 3 is 2.44 bits per heavy atom. The highest BCUT2D eigenvalue weighted by Crippen LogP contribution is 2.68. The molecule has 0 aromatic heterocycles. The number of hydrogen-bond acceptors (Lipinski definition) is 3. The van der Waals surface area contributed by atoms with E-state index in [4.69, 9.17) is 4.43 Å². The zero-order chi connectivity index (χ0) is 19.7. The molecule has 3 nitrogen and oxygen atoms in total. The molecule has 0 spiro atoms. The molecule has 3 fully saturated rings. The Labute approximate surface area is 165 Å². The van der Waals surface area contributed by atoms with E-state index in [1.165, 1.54) is 18.4 Å². The molecule has 148 valence electrons. The molecular weight excluding hydrogens is 350 g/mol. The molecule has 0 saturated heterocycles. The van der Waals surface area contributed by atoms with Gasteiger partial charge in [-0.2, -0.15) is 5.26 Å². The maximum atomic E-state index is 12.0. The average molecular weight is 386 g/mol. The van der Waals surface area contributed by atoms with Gasteiger partial charge in [0, 0.05) is 11.8 Å². The minimum Gasteiger partial charge on any atom is -0.399 e. The first-order valence-corrected chi connectivity index (χ1v) is 14.3. The van der Waals surface area contributed by atoms with E-state index in [-0.39, 0.29) is 10.8 Å². The molecule has 4 aliphatic rings. The van der Waals surface area contributed by atoms with Gasteiger partial charge in [-0.3, -0.25) is 4.79 Å². The van der Waals surface area contributed by atoms with E-state index >= 15 is 0 Å². The summed E-state index contributed by atoms with van der Waals surface area (Å²) in [7, 11) is -1.80. The SMILES string of the molecule is C[C@]12CC[C@@H]3[C@H](CCC4=CC(=O)CC[C@]43C)[C@H]1CC[C@]2(C#N)O[Si](C)(C)C. The van der Waals surface area contributed by atoms with Gasteiger partial charge in [0.2, 0.25) is 0 Å². The molecule has 4 heteroatoms. The third-order valence-electron chi connectivity index (χ3n) is 8.74. The summed E-state index contributed by atoms with van der Waals surface area (Å²) < 4.78 is 6.66. The summed E-state index contributed by atoms with van der Waals surface area (Å²) in [6.45, 7) is 11.4. The van der Waals surface area contributed by atoms with Crippen molar-refractivity contribution in [2.45, 2.75) is 90.5 Å². The van der Waals surface area contributed by atoms with E-state index in [1.54, 1.807) is 0 Å². The van der Waals surface area contributed by atoms with Gasteiger partial charge in [0.1, 0.15) is 5.60 Å². The van der Waals surface area contributed by atoms with E-state index in [0.29, 0.717) is 30.0 Å². The average Bonchev–Trinajstić information content (AvgIpc) is 2.87. The summed E-state index contributed by atoms with van der Waals surface area (Å²) in [5.74, 6) is 2.27. The quantitative estimate of drug-likeness (QED) is 0.579. The monoisotopic (exact) mass is 385 g/mol. The fourth-order valence-corrected chi connectivity index (χ4v) is 8.88. The van der Waals surface area contributed by atoms with Crippen molar-refractivity contribution in [1.29, 1.82) is 5.26 Å². The summed E-state index contributed by atoms with van der Waals surface area (Å²) in [5, 5.41) is 10.2. The molecule has 0 N–H and O–H groups in total. The van der Waals surface area contributed by atoms with Crippen molar-refractivity contribution in [2.24, 2.45) is 28.6 Å². The maximum absolute atomic E-state index is 12.0. The third kappa shape index (κ3) is 2.72. The smallest absolute Gasteiger partial charge is 0.185 e. The largest absolute Gasteiger partial charge is 0.399 e. The molecule has 0 unspecified atom stereocenters. The lowest BCUT2D eigenvalue weighted by atomic mass is 9.46. The normalized spacial score (nSPS) is 46.7. The van der Waals surface area contributed by atoms with Crippen LogP contribution in [0, 0.1) is 39.9 Å². The summed E-state index contributed by atoms with van der Waals surface area (Å²) in [4.78, 5) is 12.0. The number of hydrogen-bond donors (Lipinski definition) is 0. The Hall–Kier alpha value is -0.923. The summed E-state index contributed by atoms with van der Waals surface area (Å²) in [6.07, 6.45) is 10.3. The van der Waals surface area contributed by atoms with E-state index < -0.39 is 13.9 Å². The number of fused-ring (bicyclic) bond motifs is 5. The van der Waals surface area contributed by atoms with Gasteiger partial charge < -0.3 is 4.43 Å². The van der Waals surface area contributed by atoms with E-state index in [0.717, 1.165) is 32.1 Å². The summed E-state index contributed by atoms with van der Waals surface area (Å²) in [5.41, 5.74) is 1.01. The highest BCUT2D eigenvalue weighted by Gasteiger charge is 2.66. The van der Waals surface area contributed by atoms with Crippen LogP contribution in [-0.4, -0.2) is 19.7 Å². The molecule has 4 rings (SSSR count). The minimum atomic E-state index is -1.80. The second-order valence-electron chi connectivity index (χ2n) is 11.1. The Bertz CT molecular complexity index is 732. The van der Waals surface area contributed by atoms with Crippen LogP contribution in [-0.2, 0) is 9.22 Å². The van der Waals surface area contributed by atoms with Crippen molar-refractivity contribution in [3.63, 3.8) is 0 Å². The molecule has 0 aromatic rings. The number of carbonyl (C=O) groups is 1. The molecule has 27 heavy (non-hydrogen) atoms. The highest BCUT2D eigenvalue weighted by atomic mass is 28.4. The summed E-state index contributed by atoms with van der Waals surface area (Å²) in [6, 6.07) is 2.70. The van der Waals surface area contributed by atoms with E-state index in [2.05, 4.69) is 39.6 Å². The lowest BCUT2D eigenvalue weighted by molar-refractivity contribution is -0.118. The molecule has 3 saturated carbocycles. The van der Waals surface area contributed by atoms with Crippen LogP contribution in [0.1, 0.15) is 65.2 Å². The van der Waals surface area contributed by atoms with Crippen molar-refractivity contribution in [2.75, 3.05) is 0 Å². The summed E-state index contributed by atoms with van der Waals surface area (Å²) >= 11 is 0. The molecule has 0 aromatic carbocycles. The molecule has 0 aliphatic heterocycles. The highest BCUT2D eigenvalue weighted by molar-refractivity contribution is 6.69. The van der Waals surface area contributed by atoms with Crippen LogP contribution in [0.25, 0.3) is 0 Å². The second kappa shape index (κ2) is 6.04. The van der Waals surface area contributed by atoms with E-state index in [1.807, 2.05) is 6.08 Å².